The van der Waals surface area contributed by atoms with Gasteiger partial charge in [0, 0.05) is 12.3 Å². The average molecular weight is 378 g/mol. The molecule has 0 radical (unpaired) electrons. The molecule has 2 atom stereocenters. The van der Waals surface area contributed by atoms with Crippen LogP contribution in [-0.4, -0.2) is 31.1 Å². The van der Waals surface area contributed by atoms with Crippen LogP contribution in [0, 0.1) is 18.3 Å². The van der Waals surface area contributed by atoms with Crippen molar-refractivity contribution < 1.29 is 19.0 Å². The minimum absolute atomic E-state index is 0.0373. The topological polar surface area (TPSA) is 44.8 Å². The van der Waals surface area contributed by atoms with Crippen LogP contribution in [0.25, 0.3) is 0 Å². The molecule has 0 amide bonds. The first kappa shape index (κ1) is 20.1. The number of hydrogen-bond acceptors (Lipinski definition) is 4. The van der Waals surface area contributed by atoms with Gasteiger partial charge in [0.05, 0.1) is 18.8 Å². The van der Waals surface area contributed by atoms with Crippen LogP contribution >= 0.6 is 0 Å². The fourth-order valence-corrected chi connectivity index (χ4v) is 3.45. The molecule has 0 saturated carbocycles. The Labute approximate surface area is 166 Å². The standard InChI is InChI=1S/C24H26O4/c1-3-22(28-23(25)20-12-8-5-9-13-20)21(18-19-10-6-4-7-11-19)14-15-24(2)26-16-17-27-24/h1,4-13,21-22H,14-18H2,2H3. The maximum Gasteiger partial charge on any atom is 0.339 e. The molecule has 0 spiro atoms. The molecule has 1 aliphatic rings. The molecule has 1 heterocycles. The lowest BCUT2D eigenvalue weighted by Gasteiger charge is -2.28. The molecule has 2 aromatic rings. The first-order chi connectivity index (χ1) is 13.6. The molecule has 28 heavy (non-hydrogen) atoms. The number of hydrogen-bond donors (Lipinski definition) is 0. The minimum Gasteiger partial charge on any atom is -0.445 e. The van der Waals surface area contributed by atoms with Crippen molar-refractivity contribution in [3.8, 4) is 12.3 Å². The number of ether oxygens (including phenoxy) is 3. The molecule has 0 aromatic heterocycles. The van der Waals surface area contributed by atoms with E-state index in [1.165, 1.54) is 0 Å². The van der Waals surface area contributed by atoms with Crippen LogP contribution in [0.4, 0.5) is 0 Å². The highest BCUT2D eigenvalue weighted by atomic mass is 16.7. The number of carbonyl (C=O) groups is 1. The first-order valence-electron chi connectivity index (χ1n) is 9.64. The fourth-order valence-electron chi connectivity index (χ4n) is 3.45. The summed E-state index contributed by atoms with van der Waals surface area (Å²) in [6, 6.07) is 19.0. The average Bonchev–Trinajstić information content (AvgIpc) is 3.17. The van der Waals surface area contributed by atoms with Gasteiger partial charge in [-0.05, 0) is 37.5 Å². The minimum atomic E-state index is -0.627. The van der Waals surface area contributed by atoms with Crippen LogP contribution in [0.1, 0.15) is 35.7 Å². The van der Waals surface area contributed by atoms with Crippen LogP contribution in [0.2, 0.25) is 0 Å². The molecule has 0 bridgehead atoms. The highest BCUT2D eigenvalue weighted by Crippen LogP contribution is 2.29. The van der Waals surface area contributed by atoms with E-state index in [0.29, 0.717) is 31.6 Å². The van der Waals surface area contributed by atoms with Crippen molar-refractivity contribution in [2.24, 2.45) is 5.92 Å². The normalized spacial score (nSPS) is 17.4. The summed E-state index contributed by atoms with van der Waals surface area (Å²) in [6.07, 6.45) is 7.28. The van der Waals surface area contributed by atoms with Crippen LogP contribution < -0.4 is 0 Å². The molecule has 0 N–H and O–H groups in total. The molecule has 4 nitrogen and oxygen atoms in total. The van der Waals surface area contributed by atoms with E-state index in [9.17, 15) is 4.79 Å². The molecule has 1 aliphatic heterocycles. The lowest BCUT2D eigenvalue weighted by Crippen LogP contribution is -2.32. The fraction of sp³-hybridized carbons (Fsp3) is 0.375. The number of carbonyl (C=O) groups excluding carboxylic acids is 1. The number of esters is 1. The maximum atomic E-state index is 12.5. The monoisotopic (exact) mass is 378 g/mol. The summed E-state index contributed by atoms with van der Waals surface area (Å²) >= 11 is 0. The molecule has 0 aliphatic carbocycles. The zero-order valence-electron chi connectivity index (χ0n) is 16.2. The second-order valence-electron chi connectivity index (χ2n) is 7.18. The van der Waals surface area contributed by atoms with Crippen LogP contribution in [0.15, 0.2) is 60.7 Å². The Hall–Kier alpha value is -2.61. The van der Waals surface area contributed by atoms with Gasteiger partial charge in [0.25, 0.3) is 0 Å². The van der Waals surface area contributed by atoms with Crippen molar-refractivity contribution in [2.45, 2.75) is 38.1 Å². The van der Waals surface area contributed by atoms with Gasteiger partial charge in [-0.1, -0.05) is 54.5 Å². The predicted molar refractivity (Wildman–Crippen MR) is 108 cm³/mol. The highest BCUT2D eigenvalue weighted by molar-refractivity contribution is 5.89. The molecule has 2 unspecified atom stereocenters. The maximum absolute atomic E-state index is 12.5. The molecular formula is C24H26O4. The summed E-state index contributed by atoms with van der Waals surface area (Å²) in [5.41, 5.74) is 1.65. The van der Waals surface area contributed by atoms with E-state index in [-0.39, 0.29) is 5.92 Å². The van der Waals surface area contributed by atoms with E-state index in [2.05, 4.69) is 18.1 Å². The van der Waals surface area contributed by atoms with Gasteiger partial charge in [-0.2, -0.15) is 0 Å². The summed E-state index contributed by atoms with van der Waals surface area (Å²) in [5, 5.41) is 0. The SMILES string of the molecule is C#CC(OC(=O)c1ccccc1)C(CCC1(C)OCCO1)Cc1ccccc1. The molecule has 4 heteroatoms. The van der Waals surface area contributed by atoms with E-state index in [1.54, 1.807) is 24.3 Å². The summed E-state index contributed by atoms with van der Waals surface area (Å²) in [5.74, 6) is 1.65. The Morgan fingerprint density at radius 2 is 1.71 bits per heavy atom. The summed E-state index contributed by atoms with van der Waals surface area (Å²) in [7, 11) is 0. The molecule has 1 saturated heterocycles. The largest absolute Gasteiger partial charge is 0.445 e. The molecule has 146 valence electrons. The Balaban J connectivity index is 1.72. The quantitative estimate of drug-likeness (QED) is 0.509. The van der Waals surface area contributed by atoms with E-state index >= 15 is 0 Å². The van der Waals surface area contributed by atoms with Gasteiger partial charge in [0.2, 0.25) is 0 Å². The van der Waals surface area contributed by atoms with Crippen molar-refractivity contribution in [3.63, 3.8) is 0 Å². The zero-order chi connectivity index (χ0) is 19.8. The molecular weight excluding hydrogens is 352 g/mol. The number of benzene rings is 2. The van der Waals surface area contributed by atoms with Crippen molar-refractivity contribution in [1.82, 2.24) is 0 Å². The Morgan fingerprint density at radius 3 is 2.32 bits per heavy atom. The van der Waals surface area contributed by atoms with Crippen molar-refractivity contribution >= 4 is 5.97 Å². The Kier molecular flexibility index (Phi) is 6.86. The van der Waals surface area contributed by atoms with Gasteiger partial charge >= 0.3 is 5.97 Å². The van der Waals surface area contributed by atoms with Gasteiger partial charge in [-0.3, -0.25) is 0 Å². The molecule has 2 aromatic carbocycles. The van der Waals surface area contributed by atoms with Crippen molar-refractivity contribution in [3.05, 3.63) is 71.8 Å². The lowest BCUT2D eigenvalue weighted by atomic mass is 9.88. The van der Waals surface area contributed by atoms with E-state index in [4.69, 9.17) is 20.6 Å². The van der Waals surface area contributed by atoms with Gasteiger partial charge in [-0.15, -0.1) is 6.42 Å². The third-order valence-corrected chi connectivity index (χ3v) is 5.04. The number of rotatable bonds is 8. The van der Waals surface area contributed by atoms with Crippen molar-refractivity contribution in [1.29, 1.82) is 0 Å². The second-order valence-corrected chi connectivity index (χ2v) is 7.18. The molecule has 1 fully saturated rings. The second kappa shape index (κ2) is 9.54. The highest BCUT2D eigenvalue weighted by Gasteiger charge is 2.33. The summed E-state index contributed by atoms with van der Waals surface area (Å²) in [6.45, 7) is 3.14. The zero-order valence-corrected chi connectivity index (χ0v) is 16.2. The van der Waals surface area contributed by atoms with Crippen molar-refractivity contribution in [2.75, 3.05) is 13.2 Å². The van der Waals surface area contributed by atoms with Crippen LogP contribution in [0.3, 0.4) is 0 Å². The first-order valence-corrected chi connectivity index (χ1v) is 9.64. The summed E-state index contributed by atoms with van der Waals surface area (Å²) in [4.78, 5) is 12.5. The predicted octanol–water partition coefficient (Wildman–Crippen LogP) is 4.25. The van der Waals surface area contributed by atoms with E-state index in [0.717, 1.165) is 12.0 Å². The van der Waals surface area contributed by atoms with Gasteiger partial charge < -0.3 is 14.2 Å². The number of terminal acetylenes is 1. The Morgan fingerprint density at radius 1 is 1.11 bits per heavy atom. The van der Waals surface area contributed by atoms with Crippen LogP contribution in [0.5, 0.6) is 0 Å². The van der Waals surface area contributed by atoms with Gasteiger partial charge in [-0.25, -0.2) is 4.79 Å². The molecule has 3 rings (SSSR count). The van der Waals surface area contributed by atoms with E-state index in [1.807, 2.05) is 31.2 Å². The third-order valence-electron chi connectivity index (χ3n) is 5.04. The van der Waals surface area contributed by atoms with Crippen LogP contribution in [-0.2, 0) is 20.6 Å². The lowest BCUT2D eigenvalue weighted by molar-refractivity contribution is -0.150. The summed E-state index contributed by atoms with van der Waals surface area (Å²) < 4.78 is 17.2. The van der Waals surface area contributed by atoms with Gasteiger partial charge in [0.15, 0.2) is 11.9 Å². The van der Waals surface area contributed by atoms with Gasteiger partial charge in [0.1, 0.15) is 0 Å². The third kappa shape index (κ3) is 5.45. The van der Waals surface area contributed by atoms with E-state index < -0.39 is 17.9 Å². The smallest absolute Gasteiger partial charge is 0.339 e. The Bertz CT molecular complexity index is 788.